The van der Waals surface area contributed by atoms with Gasteiger partial charge in [0.1, 0.15) is 5.82 Å². The van der Waals surface area contributed by atoms with Gasteiger partial charge in [0.2, 0.25) is 15.9 Å². The van der Waals surface area contributed by atoms with Crippen LogP contribution in [-0.4, -0.2) is 74.5 Å². The highest BCUT2D eigenvalue weighted by Gasteiger charge is 2.24. The molecular formula is C17H26FN3O3S. The van der Waals surface area contributed by atoms with Crippen LogP contribution in [0.15, 0.2) is 24.3 Å². The maximum Gasteiger partial charge on any atom is 0.236 e. The maximum absolute atomic E-state index is 13.0. The molecule has 1 aromatic rings. The summed E-state index contributed by atoms with van der Waals surface area (Å²) in [6.07, 6.45) is 1.92. The van der Waals surface area contributed by atoms with Gasteiger partial charge in [-0.2, -0.15) is 0 Å². The molecule has 1 fully saturated rings. The summed E-state index contributed by atoms with van der Waals surface area (Å²) in [6.45, 7) is 4.28. The van der Waals surface area contributed by atoms with E-state index < -0.39 is 10.0 Å². The first kappa shape index (κ1) is 19.8. The Hall–Kier alpha value is -1.51. The average Bonchev–Trinajstić information content (AvgIpc) is 2.79. The van der Waals surface area contributed by atoms with Crippen molar-refractivity contribution in [3.63, 3.8) is 0 Å². The SMILES string of the molecule is CC(c1ccc(F)cc1)N(C)C(=O)CN1CCCN(S(C)(=O)=O)CC1. The zero-order valence-electron chi connectivity index (χ0n) is 15.0. The smallest absolute Gasteiger partial charge is 0.236 e. The van der Waals surface area contributed by atoms with E-state index in [0.29, 0.717) is 32.6 Å². The van der Waals surface area contributed by atoms with Crippen molar-refractivity contribution < 1.29 is 17.6 Å². The molecule has 1 aliphatic rings. The van der Waals surface area contributed by atoms with E-state index >= 15 is 0 Å². The van der Waals surface area contributed by atoms with Crippen molar-refractivity contribution in [3.05, 3.63) is 35.6 Å². The van der Waals surface area contributed by atoms with Crippen LogP contribution in [0.2, 0.25) is 0 Å². The molecule has 1 atom stereocenters. The van der Waals surface area contributed by atoms with Gasteiger partial charge in [-0.1, -0.05) is 12.1 Å². The van der Waals surface area contributed by atoms with Crippen molar-refractivity contribution >= 4 is 15.9 Å². The average molecular weight is 371 g/mol. The molecule has 1 aromatic carbocycles. The van der Waals surface area contributed by atoms with Gasteiger partial charge in [-0.05, 0) is 37.6 Å². The molecule has 2 rings (SSSR count). The Morgan fingerprint density at radius 1 is 1.20 bits per heavy atom. The number of carbonyl (C=O) groups is 1. The Balaban J connectivity index is 1.93. The maximum atomic E-state index is 13.0. The second kappa shape index (κ2) is 8.25. The largest absolute Gasteiger partial charge is 0.338 e. The number of likely N-dealkylation sites (N-methyl/N-ethyl adjacent to an activating group) is 1. The van der Waals surface area contributed by atoms with Crippen LogP contribution in [-0.2, 0) is 14.8 Å². The molecular weight excluding hydrogens is 345 g/mol. The molecule has 6 nitrogen and oxygen atoms in total. The molecule has 0 spiro atoms. The summed E-state index contributed by atoms with van der Waals surface area (Å²) < 4.78 is 37.8. The first-order valence-corrected chi connectivity index (χ1v) is 10.2. The topological polar surface area (TPSA) is 60.9 Å². The van der Waals surface area contributed by atoms with E-state index in [0.717, 1.165) is 5.56 Å². The van der Waals surface area contributed by atoms with Crippen LogP contribution in [0.25, 0.3) is 0 Å². The minimum absolute atomic E-state index is 0.0374. The minimum atomic E-state index is -3.19. The molecule has 0 bridgehead atoms. The van der Waals surface area contributed by atoms with Crippen LogP contribution in [0.4, 0.5) is 4.39 Å². The molecule has 1 amide bonds. The van der Waals surface area contributed by atoms with Gasteiger partial charge in [-0.3, -0.25) is 9.69 Å². The number of benzene rings is 1. The molecule has 25 heavy (non-hydrogen) atoms. The van der Waals surface area contributed by atoms with E-state index in [4.69, 9.17) is 0 Å². The highest BCUT2D eigenvalue weighted by molar-refractivity contribution is 7.88. The van der Waals surface area contributed by atoms with Crippen LogP contribution in [0.3, 0.4) is 0 Å². The Morgan fingerprint density at radius 3 is 2.44 bits per heavy atom. The first-order chi connectivity index (χ1) is 11.7. The van der Waals surface area contributed by atoms with Crippen LogP contribution in [0.5, 0.6) is 0 Å². The van der Waals surface area contributed by atoms with Crippen LogP contribution < -0.4 is 0 Å². The molecule has 1 unspecified atom stereocenters. The lowest BCUT2D eigenvalue weighted by Gasteiger charge is -2.28. The molecule has 1 aliphatic heterocycles. The highest BCUT2D eigenvalue weighted by atomic mass is 32.2. The van der Waals surface area contributed by atoms with Crippen molar-refractivity contribution in [2.75, 3.05) is 46.0 Å². The Labute approximate surface area is 149 Å². The molecule has 140 valence electrons. The molecule has 0 N–H and O–H groups in total. The number of hydrogen-bond donors (Lipinski definition) is 0. The monoisotopic (exact) mass is 371 g/mol. The van der Waals surface area contributed by atoms with E-state index in [1.54, 1.807) is 24.1 Å². The van der Waals surface area contributed by atoms with E-state index in [9.17, 15) is 17.6 Å². The first-order valence-electron chi connectivity index (χ1n) is 8.37. The number of carbonyl (C=O) groups excluding carboxylic acids is 1. The normalized spacial score (nSPS) is 18.6. The summed E-state index contributed by atoms with van der Waals surface area (Å²) in [6, 6.07) is 5.98. The van der Waals surface area contributed by atoms with Gasteiger partial charge in [0.05, 0.1) is 18.8 Å². The Bertz CT molecular complexity index is 694. The summed E-state index contributed by atoms with van der Waals surface area (Å²) in [5.41, 5.74) is 0.872. The third-order valence-electron chi connectivity index (χ3n) is 4.70. The number of amides is 1. The van der Waals surface area contributed by atoms with Crippen molar-refractivity contribution in [3.8, 4) is 0 Å². The number of hydrogen-bond acceptors (Lipinski definition) is 4. The van der Waals surface area contributed by atoms with Gasteiger partial charge >= 0.3 is 0 Å². The predicted molar refractivity (Wildman–Crippen MR) is 95.1 cm³/mol. The zero-order chi connectivity index (χ0) is 18.6. The standard InChI is InChI=1S/C17H26FN3O3S/c1-14(15-5-7-16(18)8-6-15)19(2)17(22)13-20-9-4-10-21(12-11-20)25(3,23)24/h5-8,14H,4,9-13H2,1-3H3. The van der Waals surface area contributed by atoms with Crippen LogP contribution in [0, 0.1) is 5.82 Å². The van der Waals surface area contributed by atoms with Gasteiger partial charge in [-0.15, -0.1) is 0 Å². The molecule has 0 aromatic heterocycles. The summed E-state index contributed by atoms with van der Waals surface area (Å²) in [5, 5.41) is 0. The minimum Gasteiger partial charge on any atom is -0.338 e. The van der Waals surface area contributed by atoms with Gasteiger partial charge in [0.25, 0.3) is 0 Å². The second-order valence-corrected chi connectivity index (χ2v) is 8.51. The lowest BCUT2D eigenvalue weighted by Crippen LogP contribution is -2.41. The molecule has 0 aliphatic carbocycles. The van der Waals surface area contributed by atoms with Crippen molar-refractivity contribution in [2.24, 2.45) is 0 Å². The third-order valence-corrected chi connectivity index (χ3v) is 6.01. The summed E-state index contributed by atoms with van der Waals surface area (Å²) in [7, 11) is -1.46. The van der Waals surface area contributed by atoms with Gasteiger partial charge in [0.15, 0.2) is 0 Å². The number of halogens is 1. The fourth-order valence-corrected chi connectivity index (χ4v) is 3.79. The number of nitrogens with zero attached hydrogens (tertiary/aromatic N) is 3. The fourth-order valence-electron chi connectivity index (χ4n) is 2.92. The summed E-state index contributed by atoms with van der Waals surface area (Å²) in [5.74, 6) is -0.338. The molecule has 0 saturated carbocycles. The van der Waals surface area contributed by atoms with Gasteiger partial charge < -0.3 is 4.90 Å². The van der Waals surface area contributed by atoms with E-state index in [1.165, 1.54) is 22.7 Å². The summed E-state index contributed by atoms with van der Waals surface area (Å²) in [4.78, 5) is 16.2. The lowest BCUT2D eigenvalue weighted by atomic mass is 10.1. The van der Waals surface area contributed by atoms with Gasteiger partial charge in [0, 0.05) is 26.7 Å². The molecule has 1 saturated heterocycles. The Morgan fingerprint density at radius 2 is 1.84 bits per heavy atom. The summed E-state index contributed by atoms with van der Waals surface area (Å²) >= 11 is 0. The number of sulfonamides is 1. The Kier molecular flexibility index (Phi) is 6.53. The van der Waals surface area contributed by atoms with E-state index in [-0.39, 0.29) is 24.3 Å². The highest BCUT2D eigenvalue weighted by Crippen LogP contribution is 2.19. The predicted octanol–water partition coefficient (Wildman–Crippen LogP) is 1.31. The van der Waals surface area contributed by atoms with E-state index in [1.807, 2.05) is 11.8 Å². The molecule has 8 heteroatoms. The molecule has 0 radical (unpaired) electrons. The van der Waals surface area contributed by atoms with Crippen molar-refractivity contribution in [1.29, 1.82) is 0 Å². The second-order valence-electron chi connectivity index (χ2n) is 6.52. The van der Waals surface area contributed by atoms with Crippen molar-refractivity contribution in [1.82, 2.24) is 14.1 Å². The van der Waals surface area contributed by atoms with Crippen LogP contribution in [0.1, 0.15) is 24.9 Å². The quantitative estimate of drug-likeness (QED) is 0.783. The fraction of sp³-hybridized carbons (Fsp3) is 0.588. The molecule has 1 heterocycles. The third kappa shape index (κ3) is 5.49. The number of rotatable bonds is 5. The lowest BCUT2D eigenvalue weighted by molar-refractivity contribution is -0.133. The zero-order valence-corrected chi connectivity index (χ0v) is 15.8. The van der Waals surface area contributed by atoms with Crippen molar-refractivity contribution in [2.45, 2.75) is 19.4 Å². The van der Waals surface area contributed by atoms with Gasteiger partial charge in [-0.25, -0.2) is 17.1 Å². The van der Waals surface area contributed by atoms with E-state index in [2.05, 4.69) is 0 Å². The van der Waals surface area contributed by atoms with Crippen LogP contribution >= 0.6 is 0 Å².